The van der Waals surface area contributed by atoms with Gasteiger partial charge in [0.25, 0.3) is 0 Å². The van der Waals surface area contributed by atoms with Gasteiger partial charge in [-0.25, -0.2) is 4.57 Å². The van der Waals surface area contributed by atoms with Crippen molar-refractivity contribution >= 4 is 19.8 Å². The number of hydrogen-bond acceptors (Lipinski definition) is 6. The van der Waals surface area contributed by atoms with Crippen molar-refractivity contribution in [1.82, 2.24) is 0 Å². The third-order valence-corrected chi connectivity index (χ3v) is 9.81. The monoisotopic (exact) mass is 781 g/mol. The van der Waals surface area contributed by atoms with Gasteiger partial charge in [0.05, 0.1) is 6.61 Å². The maximum absolute atomic E-state index is 12.4. The Morgan fingerprint density at radius 2 is 0.833 bits per heavy atom. The average molecular weight is 781 g/mol. The number of carbonyl (C=O) groups excluding carboxylic acids is 2. The highest BCUT2D eigenvalue weighted by atomic mass is 31.2. The zero-order chi connectivity index (χ0) is 39.6. The Kier molecular flexibility index (Phi) is 39.2. The lowest BCUT2D eigenvalue weighted by atomic mass is 10.1. The fraction of sp³-hybridized carbons (Fsp3) is 0.778. The van der Waals surface area contributed by atoms with E-state index in [1.54, 1.807) is 0 Å². The quantitative estimate of drug-likeness (QED) is 0.0273. The van der Waals surface area contributed by atoms with Crippen molar-refractivity contribution in [3.8, 4) is 0 Å². The van der Waals surface area contributed by atoms with Crippen LogP contribution in [-0.2, 0) is 28.2 Å². The van der Waals surface area contributed by atoms with Gasteiger partial charge < -0.3 is 19.3 Å². The first kappa shape index (κ1) is 52.0. The summed E-state index contributed by atoms with van der Waals surface area (Å²) >= 11 is 0. The molecule has 0 fully saturated rings. The van der Waals surface area contributed by atoms with Gasteiger partial charge in [-0.2, -0.15) is 0 Å². The number of esters is 2. The van der Waals surface area contributed by atoms with E-state index in [1.165, 1.54) is 103 Å². The minimum atomic E-state index is -4.76. The molecule has 0 rings (SSSR count). The fourth-order valence-corrected chi connectivity index (χ4v) is 6.38. The summed E-state index contributed by atoms with van der Waals surface area (Å²) in [4.78, 5) is 42.9. The molecule has 0 bridgehead atoms. The molecule has 2 N–H and O–H groups in total. The lowest BCUT2D eigenvalue weighted by Crippen LogP contribution is -2.29. The third-order valence-electron chi connectivity index (χ3n) is 9.32. The Bertz CT molecular complexity index is 1020. The molecule has 0 saturated carbocycles. The van der Waals surface area contributed by atoms with Crippen molar-refractivity contribution in [3.63, 3.8) is 0 Å². The van der Waals surface area contributed by atoms with Crippen LogP contribution in [0.4, 0.5) is 0 Å². The van der Waals surface area contributed by atoms with Gasteiger partial charge in [0.2, 0.25) is 0 Å². The van der Waals surface area contributed by atoms with Gasteiger partial charge in [0.1, 0.15) is 6.61 Å². The lowest BCUT2D eigenvalue weighted by molar-refractivity contribution is -0.161. The van der Waals surface area contributed by atoms with Crippen LogP contribution in [0.15, 0.2) is 48.6 Å². The molecule has 0 spiro atoms. The Labute approximate surface area is 331 Å². The van der Waals surface area contributed by atoms with E-state index in [4.69, 9.17) is 19.3 Å². The lowest BCUT2D eigenvalue weighted by Gasteiger charge is -2.18. The van der Waals surface area contributed by atoms with Crippen LogP contribution >= 0.6 is 7.82 Å². The number of hydrogen-bond donors (Lipinski definition) is 2. The van der Waals surface area contributed by atoms with Crippen molar-refractivity contribution in [1.29, 1.82) is 0 Å². The molecule has 0 aliphatic heterocycles. The Morgan fingerprint density at radius 1 is 0.481 bits per heavy atom. The van der Waals surface area contributed by atoms with Crippen LogP contribution in [0.3, 0.4) is 0 Å². The summed E-state index contributed by atoms with van der Waals surface area (Å²) in [6.07, 6.45) is 49.7. The Balaban J connectivity index is 3.94. The second-order valence-corrected chi connectivity index (χ2v) is 15.9. The van der Waals surface area contributed by atoms with Crippen molar-refractivity contribution in [2.45, 2.75) is 213 Å². The summed E-state index contributed by atoms with van der Waals surface area (Å²) in [5.41, 5.74) is 0. The van der Waals surface area contributed by atoms with Crippen molar-refractivity contribution in [3.05, 3.63) is 48.6 Å². The maximum atomic E-state index is 12.4. The van der Waals surface area contributed by atoms with Crippen molar-refractivity contribution in [2.24, 2.45) is 0 Å². The van der Waals surface area contributed by atoms with E-state index in [1.807, 2.05) is 0 Å². The molecule has 0 aliphatic carbocycles. The van der Waals surface area contributed by atoms with Crippen LogP contribution in [0.2, 0.25) is 0 Å². The molecule has 1 atom stereocenters. The molecule has 0 heterocycles. The van der Waals surface area contributed by atoms with Crippen molar-refractivity contribution in [2.75, 3.05) is 13.2 Å². The normalized spacial score (nSPS) is 12.9. The number of allylic oxidation sites excluding steroid dienone is 8. The minimum absolute atomic E-state index is 0.185. The highest BCUT2D eigenvalue weighted by molar-refractivity contribution is 7.46. The number of phosphoric ester groups is 1. The Morgan fingerprint density at radius 3 is 1.30 bits per heavy atom. The summed E-state index contributed by atoms with van der Waals surface area (Å²) in [5.74, 6) is -0.913. The van der Waals surface area contributed by atoms with E-state index in [0.717, 1.165) is 64.2 Å². The molecule has 314 valence electrons. The van der Waals surface area contributed by atoms with Crippen LogP contribution in [0.5, 0.6) is 0 Å². The number of phosphoric acid groups is 1. The first-order chi connectivity index (χ1) is 26.3. The summed E-state index contributed by atoms with van der Waals surface area (Å²) in [7, 11) is -4.76. The van der Waals surface area contributed by atoms with Gasteiger partial charge in [0, 0.05) is 12.8 Å². The minimum Gasteiger partial charge on any atom is -0.462 e. The second kappa shape index (κ2) is 40.7. The molecule has 0 aromatic heterocycles. The molecule has 8 nitrogen and oxygen atoms in total. The predicted molar refractivity (Wildman–Crippen MR) is 225 cm³/mol. The number of unbranched alkanes of at least 4 members (excludes halogenated alkanes) is 22. The molecule has 0 saturated heterocycles. The van der Waals surface area contributed by atoms with Crippen LogP contribution in [0.1, 0.15) is 206 Å². The van der Waals surface area contributed by atoms with E-state index in [0.29, 0.717) is 12.8 Å². The van der Waals surface area contributed by atoms with Crippen LogP contribution in [0.25, 0.3) is 0 Å². The summed E-state index contributed by atoms with van der Waals surface area (Å²) in [5, 5.41) is 0. The maximum Gasteiger partial charge on any atom is 0.469 e. The molecule has 0 amide bonds. The van der Waals surface area contributed by atoms with Crippen LogP contribution in [0, 0.1) is 0 Å². The van der Waals surface area contributed by atoms with Crippen LogP contribution in [-0.4, -0.2) is 41.0 Å². The van der Waals surface area contributed by atoms with Gasteiger partial charge in [0.15, 0.2) is 6.10 Å². The number of rotatable bonds is 40. The first-order valence-corrected chi connectivity index (χ1v) is 23.5. The smallest absolute Gasteiger partial charge is 0.462 e. The summed E-state index contributed by atoms with van der Waals surface area (Å²) in [6, 6.07) is 0. The second-order valence-electron chi connectivity index (χ2n) is 14.7. The zero-order valence-electron chi connectivity index (χ0n) is 34.6. The summed E-state index contributed by atoms with van der Waals surface area (Å²) in [6.45, 7) is 3.64. The predicted octanol–water partition coefficient (Wildman–Crippen LogP) is 13.5. The molecule has 0 aromatic rings. The molecule has 54 heavy (non-hydrogen) atoms. The van der Waals surface area contributed by atoms with E-state index in [9.17, 15) is 14.2 Å². The van der Waals surface area contributed by atoms with E-state index < -0.39 is 32.5 Å². The molecular formula is C45H81O8P. The highest BCUT2D eigenvalue weighted by Crippen LogP contribution is 2.36. The number of ether oxygens (including phenoxy) is 2. The average Bonchev–Trinajstić information content (AvgIpc) is 3.14. The van der Waals surface area contributed by atoms with Gasteiger partial charge >= 0.3 is 19.8 Å². The molecule has 0 aliphatic rings. The topological polar surface area (TPSA) is 119 Å². The Hall–Kier alpha value is -1.99. The fourth-order valence-electron chi connectivity index (χ4n) is 6.02. The van der Waals surface area contributed by atoms with E-state index >= 15 is 0 Å². The largest absolute Gasteiger partial charge is 0.469 e. The highest BCUT2D eigenvalue weighted by Gasteiger charge is 2.22. The first-order valence-electron chi connectivity index (χ1n) is 21.9. The standard InChI is InChI=1S/C45H81O8P/c1-3-5-7-9-11-13-15-17-19-21-22-24-25-27-29-31-33-35-37-39-44(46)51-41-43(42-52-54(48,49)50)53-45(47)40-38-36-34-32-30-28-26-23-20-18-16-14-12-10-8-6-4-2/h12,14,18,20-22,26,28,43H,3-11,13,15-17,19,23-25,27,29-42H2,1-2H3,(H2,48,49,50)/b14-12-,20-18-,22-21-,28-26-/t43-/m1/s1. The SMILES string of the molecule is CCCCC/C=C\C/C=C\C/C=C\CCCCCCC(=O)O[C@H](COC(=O)CCCCCCCCC/C=C\CCCCCCCCCC)COP(=O)(O)O. The van der Waals surface area contributed by atoms with E-state index in [-0.39, 0.29) is 19.4 Å². The van der Waals surface area contributed by atoms with Gasteiger partial charge in [-0.3, -0.25) is 14.1 Å². The molecule has 9 heteroatoms. The number of carbonyl (C=O) groups is 2. The van der Waals surface area contributed by atoms with Crippen molar-refractivity contribution < 1.29 is 37.9 Å². The van der Waals surface area contributed by atoms with E-state index in [2.05, 4.69) is 67.0 Å². The molecule has 0 radical (unpaired) electrons. The van der Waals surface area contributed by atoms with Gasteiger partial charge in [-0.15, -0.1) is 0 Å². The van der Waals surface area contributed by atoms with Crippen LogP contribution < -0.4 is 0 Å². The molecule has 0 aromatic carbocycles. The third kappa shape index (κ3) is 42.7. The molecular weight excluding hydrogens is 699 g/mol. The zero-order valence-corrected chi connectivity index (χ0v) is 35.5. The summed E-state index contributed by atoms with van der Waals surface area (Å²) < 4.78 is 26.4. The van der Waals surface area contributed by atoms with Gasteiger partial charge in [-0.1, -0.05) is 165 Å². The molecule has 0 unspecified atom stereocenters. The van der Waals surface area contributed by atoms with Gasteiger partial charge in [-0.05, 0) is 77.0 Å².